The predicted molar refractivity (Wildman–Crippen MR) is 40.2 cm³/mol. The zero-order valence-electron chi connectivity index (χ0n) is 4.42. The van der Waals surface area contributed by atoms with Gasteiger partial charge < -0.3 is 10.2 Å². The standard InChI is InChI=1S/C4H6Br2O3/c5-1-2(6)3(7)4(8)9/h2-3,7H,1H2,(H,8,9)/t2-,3+/m0/s1. The molecule has 0 amide bonds. The van der Waals surface area contributed by atoms with Gasteiger partial charge in [-0.1, -0.05) is 31.9 Å². The van der Waals surface area contributed by atoms with Gasteiger partial charge in [-0.25, -0.2) is 4.79 Å². The highest BCUT2D eigenvalue weighted by molar-refractivity contribution is 9.12. The van der Waals surface area contributed by atoms with Gasteiger partial charge in [0, 0.05) is 5.33 Å². The average molecular weight is 262 g/mol. The Kier molecular flexibility index (Phi) is 4.43. The molecule has 9 heavy (non-hydrogen) atoms. The SMILES string of the molecule is O=C(O)[C@H](O)[C@@H](Br)CBr. The van der Waals surface area contributed by atoms with Gasteiger partial charge in [-0.15, -0.1) is 0 Å². The maximum atomic E-state index is 10.00. The second kappa shape index (κ2) is 4.24. The molecule has 3 nitrogen and oxygen atoms in total. The van der Waals surface area contributed by atoms with Crippen molar-refractivity contribution in [1.29, 1.82) is 0 Å². The van der Waals surface area contributed by atoms with Gasteiger partial charge in [0.25, 0.3) is 0 Å². The van der Waals surface area contributed by atoms with E-state index in [1.165, 1.54) is 0 Å². The summed E-state index contributed by atoms with van der Waals surface area (Å²) < 4.78 is 0. The molecule has 0 aliphatic carbocycles. The van der Waals surface area contributed by atoms with Crippen LogP contribution in [0.4, 0.5) is 0 Å². The second-order valence-electron chi connectivity index (χ2n) is 1.45. The van der Waals surface area contributed by atoms with E-state index >= 15 is 0 Å². The number of aliphatic hydroxyl groups is 1. The van der Waals surface area contributed by atoms with Crippen LogP contribution in [0.25, 0.3) is 0 Å². The molecule has 0 aliphatic heterocycles. The molecule has 0 heterocycles. The normalized spacial score (nSPS) is 16.8. The van der Waals surface area contributed by atoms with E-state index in [0.717, 1.165) is 0 Å². The molecule has 0 aromatic heterocycles. The Labute approximate surface area is 69.3 Å². The number of rotatable bonds is 3. The molecule has 0 aromatic carbocycles. The van der Waals surface area contributed by atoms with Crippen molar-refractivity contribution in [2.24, 2.45) is 0 Å². The van der Waals surface area contributed by atoms with Crippen molar-refractivity contribution < 1.29 is 15.0 Å². The van der Waals surface area contributed by atoms with Gasteiger partial charge in [0.1, 0.15) is 0 Å². The molecule has 2 N–H and O–H groups in total. The first-order valence-corrected chi connectivity index (χ1v) is 4.24. The molecule has 0 aliphatic rings. The van der Waals surface area contributed by atoms with E-state index in [2.05, 4.69) is 31.9 Å². The quantitative estimate of drug-likeness (QED) is 0.732. The number of carboxylic acid groups (broad SMARTS) is 1. The molecule has 0 saturated heterocycles. The molecule has 2 atom stereocenters. The maximum Gasteiger partial charge on any atom is 0.333 e. The van der Waals surface area contributed by atoms with Crippen LogP contribution in [0.15, 0.2) is 0 Å². The first kappa shape index (κ1) is 9.39. The Bertz CT molecular complexity index is 106. The van der Waals surface area contributed by atoms with Crippen molar-refractivity contribution in [2.45, 2.75) is 10.9 Å². The highest BCUT2D eigenvalue weighted by Crippen LogP contribution is 2.08. The molecule has 0 rings (SSSR count). The largest absolute Gasteiger partial charge is 0.479 e. The fourth-order valence-corrected chi connectivity index (χ4v) is 0.819. The molecule has 0 spiro atoms. The number of aliphatic hydroxyl groups excluding tert-OH is 1. The molecule has 0 bridgehead atoms. The molecule has 0 aromatic rings. The third-order valence-electron chi connectivity index (χ3n) is 0.743. The van der Waals surface area contributed by atoms with Gasteiger partial charge in [-0.2, -0.15) is 0 Å². The molecule has 54 valence electrons. The summed E-state index contributed by atoms with van der Waals surface area (Å²) in [7, 11) is 0. The van der Waals surface area contributed by atoms with Gasteiger partial charge >= 0.3 is 5.97 Å². The third-order valence-corrected chi connectivity index (χ3v) is 3.13. The minimum absolute atomic E-state index is 0.417. The van der Waals surface area contributed by atoms with Crippen molar-refractivity contribution in [1.82, 2.24) is 0 Å². The zero-order chi connectivity index (χ0) is 7.44. The lowest BCUT2D eigenvalue weighted by Crippen LogP contribution is -2.30. The molecule has 0 radical (unpaired) electrons. The Morgan fingerprint density at radius 2 is 2.11 bits per heavy atom. The summed E-state index contributed by atoms with van der Waals surface area (Å²) in [5.74, 6) is -1.21. The maximum absolute atomic E-state index is 10.00. The lowest BCUT2D eigenvalue weighted by Gasteiger charge is -2.08. The fraction of sp³-hybridized carbons (Fsp3) is 0.750. The van der Waals surface area contributed by atoms with Crippen LogP contribution in [0.5, 0.6) is 0 Å². The Balaban J connectivity index is 3.72. The van der Waals surface area contributed by atoms with Crippen LogP contribution in [-0.4, -0.2) is 32.4 Å². The van der Waals surface area contributed by atoms with Crippen molar-refractivity contribution in [2.75, 3.05) is 5.33 Å². The van der Waals surface area contributed by atoms with E-state index in [1.54, 1.807) is 0 Å². The van der Waals surface area contributed by atoms with Crippen molar-refractivity contribution in [3.05, 3.63) is 0 Å². The average Bonchev–Trinajstić information content (AvgIpc) is 1.84. The topological polar surface area (TPSA) is 57.5 Å². The van der Waals surface area contributed by atoms with Crippen LogP contribution in [0, 0.1) is 0 Å². The fourth-order valence-electron chi connectivity index (χ4n) is 0.239. The molecule has 0 unspecified atom stereocenters. The van der Waals surface area contributed by atoms with Crippen LogP contribution in [0.1, 0.15) is 0 Å². The smallest absolute Gasteiger partial charge is 0.333 e. The van der Waals surface area contributed by atoms with E-state index < -0.39 is 16.9 Å². The highest BCUT2D eigenvalue weighted by atomic mass is 79.9. The lowest BCUT2D eigenvalue weighted by atomic mass is 10.3. The third kappa shape index (κ3) is 3.17. The van der Waals surface area contributed by atoms with Crippen LogP contribution >= 0.6 is 31.9 Å². The van der Waals surface area contributed by atoms with Gasteiger partial charge in [0.2, 0.25) is 0 Å². The summed E-state index contributed by atoms with van der Waals surface area (Å²) in [6, 6.07) is 0. The monoisotopic (exact) mass is 260 g/mol. The van der Waals surface area contributed by atoms with Gasteiger partial charge in [0.15, 0.2) is 6.10 Å². The molecular weight excluding hydrogens is 256 g/mol. The first-order valence-electron chi connectivity index (χ1n) is 2.20. The van der Waals surface area contributed by atoms with Crippen LogP contribution in [-0.2, 0) is 4.79 Å². The summed E-state index contributed by atoms with van der Waals surface area (Å²) in [5.41, 5.74) is 0. The predicted octanol–water partition coefficient (Wildman–Crippen LogP) is 0.590. The number of halogens is 2. The lowest BCUT2D eigenvalue weighted by molar-refractivity contribution is -0.146. The van der Waals surface area contributed by atoms with Crippen LogP contribution in [0.2, 0.25) is 0 Å². The van der Waals surface area contributed by atoms with Crippen LogP contribution < -0.4 is 0 Å². The summed E-state index contributed by atoms with van der Waals surface area (Å²) in [6.07, 6.45) is -1.33. The van der Waals surface area contributed by atoms with Gasteiger partial charge in [-0.05, 0) is 0 Å². The van der Waals surface area contributed by atoms with Crippen molar-refractivity contribution in [3.8, 4) is 0 Å². The second-order valence-corrected chi connectivity index (χ2v) is 3.28. The van der Waals surface area contributed by atoms with Crippen molar-refractivity contribution >= 4 is 37.8 Å². The van der Waals surface area contributed by atoms with Crippen LogP contribution in [0.3, 0.4) is 0 Å². The highest BCUT2D eigenvalue weighted by Gasteiger charge is 2.21. The van der Waals surface area contributed by atoms with Gasteiger partial charge in [0.05, 0.1) is 4.83 Å². The Hall–Kier alpha value is 0.390. The van der Waals surface area contributed by atoms with E-state index in [4.69, 9.17) is 10.2 Å². The number of aliphatic carboxylic acids is 1. The Morgan fingerprint density at radius 1 is 1.67 bits per heavy atom. The summed E-state index contributed by atoms with van der Waals surface area (Å²) in [5, 5.41) is 17.3. The summed E-state index contributed by atoms with van der Waals surface area (Å²) in [4.78, 5) is 9.58. The van der Waals surface area contributed by atoms with Crippen molar-refractivity contribution in [3.63, 3.8) is 0 Å². The molecule has 0 saturated carbocycles. The first-order chi connectivity index (χ1) is 4.09. The summed E-state index contributed by atoms with van der Waals surface area (Å²) in [6.45, 7) is 0. The van der Waals surface area contributed by atoms with E-state index in [1.807, 2.05) is 0 Å². The van der Waals surface area contributed by atoms with E-state index in [9.17, 15) is 4.79 Å². The minimum Gasteiger partial charge on any atom is -0.479 e. The summed E-state index contributed by atoms with van der Waals surface area (Å²) >= 11 is 5.98. The minimum atomic E-state index is -1.33. The van der Waals surface area contributed by atoms with E-state index in [0.29, 0.717) is 5.33 Å². The van der Waals surface area contributed by atoms with E-state index in [-0.39, 0.29) is 0 Å². The number of alkyl halides is 2. The number of hydrogen-bond acceptors (Lipinski definition) is 2. The molecule has 5 heteroatoms. The number of hydrogen-bond donors (Lipinski definition) is 2. The van der Waals surface area contributed by atoms with Gasteiger partial charge in [-0.3, -0.25) is 0 Å². The Morgan fingerprint density at radius 3 is 2.22 bits per heavy atom. The number of carbonyl (C=O) groups is 1. The molecular formula is C4H6Br2O3. The molecule has 0 fully saturated rings. The zero-order valence-corrected chi connectivity index (χ0v) is 7.59. The number of carboxylic acids is 1.